The summed E-state index contributed by atoms with van der Waals surface area (Å²) in [6, 6.07) is 16.9. The first kappa shape index (κ1) is 36.9. The van der Waals surface area contributed by atoms with Crippen molar-refractivity contribution in [2.24, 2.45) is 63.9 Å². The molecule has 7 heteroatoms. The Morgan fingerprint density at radius 3 is 2.72 bits per heavy atom. The van der Waals surface area contributed by atoms with Crippen LogP contribution in [0.5, 0.6) is 0 Å². The Balaban J connectivity index is 1.10. The molecule has 2 N–H and O–H groups in total. The van der Waals surface area contributed by atoms with Crippen molar-refractivity contribution in [1.29, 1.82) is 0 Å². The molecule has 14 unspecified atom stereocenters. The number of carbonyl (C=O) groups is 2. The highest BCUT2D eigenvalue weighted by atomic mass is 16.6. The Labute approximate surface area is 356 Å². The third-order valence-electron chi connectivity index (χ3n) is 19.4. The zero-order valence-corrected chi connectivity index (χ0v) is 35.8. The molecule has 5 aliphatic carbocycles. The van der Waals surface area contributed by atoms with E-state index < -0.39 is 16.4 Å². The second kappa shape index (κ2) is 12.9. The zero-order valence-electron chi connectivity index (χ0n) is 35.8. The van der Waals surface area contributed by atoms with E-state index in [-0.39, 0.29) is 23.8 Å². The molecule has 3 spiro atoms. The van der Waals surface area contributed by atoms with E-state index in [0.29, 0.717) is 54.1 Å². The normalized spacial score (nSPS) is 43.9. The van der Waals surface area contributed by atoms with Gasteiger partial charge in [0.2, 0.25) is 0 Å². The summed E-state index contributed by atoms with van der Waals surface area (Å²) in [4.78, 5) is 36.6. The number of aryl methyl sites for hydroxylation is 2. The minimum atomic E-state index is -0.965. The van der Waals surface area contributed by atoms with E-state index in [2.05, 4.69) is 78.3 Å². The molecule has 2 aromatic carbocycles. The molecular weight excluding hydrogens is 743 g/mol. The number of piperidine rings is 3. The van der Waals surface area contributed by atoms with Gasteiger partial charge in [-0.15, -0.1) is 0 Å². The predicted octanol–water partition coefficient (Wildman–Crippen LogP) is 8.66. The fourth-order valence-electron chi connectivity index (χ4n) is 17.4. The fraction of sp³-hybridized carbons (Fsp3) is 0.623. The van der Waals surface area contributed by atoms with Crippen molar-refractivity contribution in [3.05, 3.63) is 105 Å². The second-order valence-corrected chi connectivity index (χ2v) is 21.7. The van der Waals surface area contributed by atoms with Gasteiger partial charge in [-0.2, -0.15) is 0 Å². The van der Waals surface area contributed by atoms with E-state index >= 15 is 4.79 Å². The third kappa shape index (κ3) is 4.45. The van der Waals surface area contributed by atoms with Gasteiger partial charge < -0.3 is 20.1 Å². The van der Waals surface area contributed by atoms with Crippen LogP contribution in [0.1, 0.15) is 117 Å². The Morgan fingerprint density at radius 1 is 0.933 bits per heavy atom. The number of rotatable bonds is 3. The van der Waals surface area contributed by atoms with Crippen LogP contribution in [-0.4, -0.2) is 60.0 Å². The Bertz CT molecular complexity index is 2310. The molecule has 0 radical (unpaired) electrons. The molecule has 5 fully saturated rings. The van der Waals surface area contributed by atoms with Crippen LogP contribution in [0, 0.1) is 58.2 Å². The number of benzene rings is 2. The topological polar surface area (TPSA) is 85.1 Å². The lowest BCUT2D eigenvalue weighted by molar-refractivity contribution is -0.278. The van der Waals surface area contributed by atoms with Crippen molar-refractivity contribution in [1.82, 2.24) is 9.80 Å². The smallest absolute Gasteiger partial charge is 0.339 e. The van der Waals surface area contributed by atoms with Gasteiger partial charge in [-0.05, 0) is 155 Å². The van der Waals surface area contributed by atoms with Gasteiger partial charge in [0.15, 0.2) is 5.60 Å². The molecule has 2 aromatic rings. The van der Waals surface area contributed by atoms with Crippen molar-refractivity contribution in [3.8, 4) is 0 Å². The molecule has 14 aliphatic rings. The zero-order chi connectivity index (χ0) is 40.3. The molecule has 15 bridgehead atoms. The van der Waals surface area contributed by atoms with E-state index in [0.717, 1.165) is 119 Å². The van der Waals surface area contributed by atoms with Crippen LogP contribution in [-0.2, 0) is 39.1 Å². The van der Waals surface area contributed by atoms with E-state index in [1.807, 2.05) is 0 Å². The van der Waals surface area contributed by atoms with Crippen LogP contribution in [0.2, 0.25) is 0 Å². The summed E-state index contributed by atoms with van der Waals surface area (Å²) < 4.78 is 14.4. The minimum Gasteiger partial charge on any atom is -0.449 e. The molecule has 0 amide bonds. The lowest BCUT2D eigenvalue weighted by atomic mass is 9.28. The molecule has 0 aromatic heterocycles. The number of hydrogen-bond donors (Lipinski definition) is 1. The Hall–Kier alpha value is -3.68. The molecule has 4 saturated heterocycles. The van der Waals surface area contributed by atoms with E-state index in [9.17, 15) is 4.79 Å². The summed E-state index contributed by atoms with van der Waals surface area (Å²) >= 11 is 0. The average molecular weight is 806 g/mol. The number of nitrogens with two attached hydrogens (primary N) is 1. The van der Waals surface area contributed by atoms with Crippen molar-refractivity contribution in [2.75, 3.05) is 26.2 Å². The number of hydrogen-bond acceptors (Lipinski definition) is 7. The molecular formula is C53H63N3O4. The minimum absolute atomic E-state index is 0.0436. The number of fused-ring (bicyclic) bond motifs is 7. The average Bonchev–Trinajstić information content (AvgIpc) is 3.69. The van der Waals surface area contributed by atoms with Gasteiger partial charge in [0.05, 0.1) is 11.0 Å². The lowest BCUT2D eigenvalue weighted by Crippen LogP contribution is -2.77. The maximum Gasteiger partial charge on any atom is 0.339 e. The first-order valence-corrected chi connectivity index (χ1v) is 24.3. The largest absolute Gasteiger partial charge is 0.449 e. The first-order valence-electron chi connectivity index (χ1n) is 24.3. The monoisotopic (exact) mass is 805 g/mol. The van der Waals surface area contributed by atoms with Crippen LogP contribution in [0.4, 0.5) is 0 Å². The summed E-state index contributed by atoms with van der Waals surface area (Å²) in [6.07, 6.45) is 19.0. The van der Waals surface area contributed by atoms with Crippen LogP contribution < -0.4 is 5.73 Å². The maximum atomic E-state index is 16.0. The van der Waals surface area contributed by atoms with Crippen LogP contribution in [0.3, 0.4) is 0 Å². The summed E-state index contributed by atoms with van der Waals surface area (Å²) in [6.45, 7) is 9.04. The van der Waals surface area contributed by atoms with Gasteiger partial charge in [-0.25, -0.2) is 4.79 Å². The Morgan fingerprint density at radius 2 is 1.82 bits per heavy atom. The number of esters is 2. The van der Waals surface area contributed by atoms with Crippen molar-refractivity contribution in [2.45, 2.75) is 121 Å². The number of ether oxygens (including phenoxy) is 2. The van der Waals surface area contributed by atoms with Gasteiger partial charge in [-0.1, -0.05) is 73.0 Å². The fourth-order valence-corrected chi connectivity index (χ4v) is 17.4. The molecule has 314 valence electrons. The van der Waals surface area contributed by atoms with Crippen LogP contribution >= 0.6 is 0 Å². The van der Waals surface area contributed by atoms with Crippen molar-refractivity contribution >= 4 is 11.9 Å². The lowest BCUT2D eigenvalue weighted by Gasteiger charge is -2.72. The third-order valence-corrected chi connectivity index (χ3v) is 19.4. The van der Waals surface area contributed by atoms with Gasteiger partial charge >= 0.3 is 11.9 Å². The first-order chi connectivity index (χ1) is 29.3. The Kier molecular flexibility index (Phi) is 7.96. The molecule has 60 heavy (non-hydrogen) atoms. The summed E-state index contributed by atoms with van der Waals surface area (Å²) in [7, 11) is 0. The van der Waals surface area contributed by atoms with Crippen LogP contribution in [0.25, 0.3) is 0 Å². The highest BCUT2D eigenvalue weighted by Crippen LogP contribution is 2.87. The summed E-state index contributed by atoms with van der Waals surface area (Å²) in [5.74, 6) is 3.80. The van der Waals surface area contributed by atoms with E-state index in [4.69, 9.17) is 15.2 Å². The second-order valence-electron chi connectivity index (χ2n) is 21.7. The molecule has 16 rings (SSSR count). The van der Waals surface area contributed by atoms with Crippen molar-refractivity contribution in [3.63, 3.8) is 0 Å². The van der Waals surface area contributed by atoms with E-state index in [1.54, 1.807) is 11.3 Å². The number of allylic oxidation sites excluding steroid dienone is 2. The molecule has 9 heterocycles. The number of carbonyl (C=O) groups excluding carboxylic acids is 2. The highest BCUT2D eigenvalue weighted by Gasteiger charge is 2.93. The van der Waals surface area contributed by atoms with Gasteiger partial charge in [0.1, 0.15) is 11.2 Å². The molecule has 7 nitrogen and oxygen atoms in total. The maximum absolute atomic E-state index is 16.0. The molecule has 1 saturated carbocycles. The predicted molar refractivity (Wildman–Crippen MR) is 230 cm³/mol. The summed E-state index contributed by atoms with van der Waals surface area (Å²) in [5, 5.41) is 0. The van der Waals surface area contributed by atoms with Gasteiger partial charge in [0, 0.05) is 54.8 Å². The quantitative estimate of drug-likeness (QED) is 0.246. The molecule has 9 aliphatic heterocycles. The number of nitrogens with zero attached hydrogens (tertiary/aromatic N) is 2. The SMILES string of the molecule is CC1CC=C2C3C4=C5CC(Cc6cccc(c6)CCCCC6C57C(=O)OC(=CC5CCC8C9CC(CN2C9)CN8C5C)C7(CC4)C62OC(=O)c4c(CCCN)cccc42)C13. The van der Waals surface area contributed by atoms with Gasteiger partial charge in [0.25, 0.3) is 0 Å². The highest BCUT2D eigenvalue weighted by molar-refractivity contribution is 6.00. The van der Waals surface area contributed by atoms with E-state index in [1.165, 1.54) is 29.5 Å². The van der Waals surface area contributed by atoms with Gasteiger partial charge in [-0.3, -0.25) is 9.69 Å². The molecule has 14 atom stereocenters. The standard InChI is InChI=1S/C53H63N3O4/c1-30-15-17-43-48-39-19-20-51-45(26-36-16-18-42-38-24-34(27-55(43)29-38)28-56(42)31(36)2)59-50(58)52(51)41(39)25-37(46(30)48)23-33-10-5-9-32(22-33)8-3-4-14-44(52)53(51)40-13-6-11-35(12-7-21-54)47(40)49(57)60-53/h5-6,9-11,13,17,22,26,30-31,34,36-38,42,44,46,48H,3-4,7-8,12,14-16,18-21,23-25,27-29,54H2,1-2H3. The van der Waals surface area contributed by atoms with Crippen molar-refractivity contribution < 1.29 is 19.1 Å². The summed E-state index contributed by atoms with van der Waals surface area (Å²) in [5.41, 5.74) is 13.7. The van der Waals surface area contributed by atoms with Crippen LogP contribution in [0.15, 0.2) is 77.2 Å².